The van der Waals surface area contributed by atoms with E-state index in [1.165, 1.54) is 12.8 Å². The van der Waals surface area contributed by atoms with Gasteiger partial charge in [-0.3, -0.25) is 4.79 Å². The molecular formula is C16H25ClN2O. The van der Waals surface area contributed by atoms with Crippen LogP contribution in [0.25, 0.3) is 0 Å². The van der Waals surface area contributed by atoms with Crippen molar-refractivity contribution in [1.82, 2.24) is 5.32 Å². The van der Waals surface area contributed by atoms with E-state index in [4.69, 9.17) is 5.73 Å². The van der Waals surface area contributed by atoms with E-state index in [2.05, 4.69) is 19.2 Å². The van der Waals surface area contributed by atoms with Crippen LogP contribution < -0.4 is 11.1 Å². The van der Waals surface area contributed by atoms with Gasteiger partial charge in [0.15, 0.2) is 0 Å². The van der Waals surface area contributed by atoms with Crippen LogP contribution in [0.5, 0.6) is 0 Å². The van der Waals surface area contributed by atoms with Crippen molar-refractivity contribution in [2.75, 3.05) is 0 Å². The highest BCUT2D eigenvalue weighted by molar-refractivity contribution is 5.85. The molecule has 1 saturated carbocycles. The van der Waals surface area contributed by atoms with E-state index in [-0.39, 0.29) is 24.4 Å². The average Bonchev–Trinajstić information content (AvgIpc) is 2.41. The van der Waals surface area contributed by atoms with Crippen LogP contribution in [0.3, 0.4) is 0 Å². The molecule has 1 aromatic carbocycles. The minimum atomic E-state index is -0.559. The molecule has 1 unspecified atom stereocenters. The number of carbonyl (C=O) groups excluding carboxylic acids is 1. The second-order valence-electron chi connectivity index (χ2n) is 6.34. The maximum Gasteiger partial charge on any atom is 0.241 e. The first-order chi connectivity index (χ1) is 8.98. The fourth-order valence-electron chi connectivity index (χ4n) is 2.65. The zero-order valence-corrected chi connectivity index (χ0v) is 13.1. The van der Waals surface area contributed by atoms with Crippen molar-refractivity contribution in [3.05, 3.63) is 35.9 Å². The lowest BCUT2D eigenvalue weighted by Crippen LogP contribution is -2.43. The third-order valence-electron chi connectivity index (χ3n) is 4.13. The Morgan fingerprint density at radius 1 is 1.25 bits per heavy atom. The number of nitrogens with two attached hydrogens (primary N) is 1. The summed E-state index contributed by atoms with van der Waals surface area (Å²) in [5.41, 5.74) is 7.29. The summed E-state index contributed by atoms with van der Waals surface area (Å²) in [6.45, 7) is 4.58. The van der Waals surface area contributed by atoms with Crippen molar-refractivity contribution in [1.29, 1.82) is 0 Å². The number of hydrogen-bond acceptors (Lipinski definition) is 2. The van der Waals surface area contributed by atoms with Crippen LogP contribution in [0.15, 0.2) is 30.3 Å². The van der Waals surface area contributed by atoms with E-state index in [0.29, 0.717) is 5.41 Å². The highest BCUT2D eigenvalue weighted by Crippen LogP contribution is 2.35. The fraction of sp³-hybridized carbons (Fsp3) is 0.562. The van der Waals surface area contributed by atoms with E-state index in [1.807, 2.05) is 30.3 Å². The summed E-state index contributed by atoms with van der Waals surface area (Å²) in [5, 5.41) is 3.09. The minimum Gasteiger partial charge on any atom is -0.352 e. The first kappa shape index (κ1) is 17.0. The summed E-state index contributed by atoms with van der Waals surface area (Å²) < 4.78 is 0. The molecule has 1 fully saturated rings. The maximum atomic E-state index is 12.1. The predicted molar refractivity (Wildman–Crippen MR) is 84.8 cm³/mol. The lowest BCUT2D eigenvalue weighted by molar-refractivity contribution is -0.123. The number of carbonyl (C=O) groups is 1. The van der Waals surface area contributed by atoms with Gasteiger partial charge >= 0.3 is 0 Å². The van der Waals surface area contributed by atoms with E-state index < -0.39 is 6.04 Å². The van der Waals surface area contributed by atoms with E-state index in [9.17, 15) is 4.79 Å². The fourth-order valence-corrected chi connectivity index (χ4v) is 2.65. The van der Waals surface area contributed by atoms with Gasteiger partial charge in [0.1, 0.15) is 6.04 Å². The number of hydrogen-bond donors (Lipinski definition) is 2. The Labute approximate surface area is 127 Å². The van der Waals surface area contributed by atoms with Gasteiger partial charge in [0.05, 0.1) is 0 Å². The Morgan fingerprint density at radius 3 is 2.35 bits per heavy atom. The summed E-state index contributed by atoms with van der Waals surface area (Å²) in [6, 6.07) is 9.27. The molecule has 0 saturated heterocycles. The normalized spacial score (nSPS) is 19.8. The average molecular weight is 297 g/mol. The third-order valence-corrected chi connectivity index (χ3v) is 4.13. The van der Waals surface area contributed by atoms with Gasteiger partial charge in [0.2, 0.25) is 5.91 Å². The molecule has 0 aliphatic heterocycles. The van der Waals surface area contributed by atoms with Crippen LogP contribution in [0.1, 0.15) is 51.1 Å². The molecule has 1 atom stereocenters. The minimum absolute atomic E-state index is 0. The Morgan fingerprint density at radius 2 is 1.80 bits per heavy atom. The molecule has 3 nitrogen and oxygen atoms in total. The van der Waals surface area contributed by atoms with Gasteiger partial charge < -0.3 is 11.1 Å². The molecule has 112 valence electrons. The van der Waals surface area contributed by atoms with Gasteiger partial charge in [0.25, 0.3) is 0 Å². The summed E-state index contributed by atoms with van der Waals surface area (Å²) in [6.07, 6.45) is 4.44. The molecule has 1 aliphatic carbocycles. The van der Waals surface area contributed by atoms with Crippen molar-refractivity contribution in [3.8, 4) is 0 Å². The molecule has 2 rings (SSSR count). The molecule has 1 aliphatic rings. The lowest BCUT2D eigenvalue weighted by Gasteiger charge is -2.35. The van der Waals surface area contributed by atoms with Crippen LogP contribution >= 0.6 is 12.4 Å². The Hall–Kier alpha value is -1.06. The number of rotatable bonds is 3. The predicted octanol–water partition coefficient (Wildman–Crippen LogP) is 3.19. The number of nitrogens with one attached hydrogen (secondary N) is 1. The number of halogens is 1. The Bertz CT molecular complexity index is 423. The topological polar surface area (TPSA) is 55.1 Å². The molecule has 0 spiro atoms. The molecule has 1 aromatic rings. The van der Waals surface area contributed by atoms with Gasteiger partial charge in [-0.05, 0) is 36.7 Å². The van der Waals surface area contributed by atoms with Crippen LogP contribution in [0, 0.1) is 5.41 Å². The zero-order chi connectivity index (χ0) is 13.9. The van der Waals surface area contributed by atoms with E-state index in [1.54, 1.807) is 0 Å². The van der Waals surface area contributed by atoms with Crippen LogP contribution in [0.2, 0.25) is 0 Å². The Balaban J connectivity index is 0.00000200. The van der Waals surface area contributed by atoms with Crippen LogP contribution in [0.4, 0.5) is 0 Å². The van der Waals surface area contributed by atoms with Crippen LogP contribution in [-0.4, -0.2) is 11.9 Å². The van der Waals surface area contributed by atoms with Gasteiger partial charge in [0, 0.05) is 6.04 Å². The zero-order valence-electron chi connectivity index (χ0n) is 12.3. The molecule has 20 heavy (non-hydrogen) atoms. The van der Waals surface area contributed by atoms with Gasteiger partial charge in [-0.15, -0.1) is 12.4 Å². The van der Waals surface area contributed by atoms with Crippen molar-refractivity contribution in [3.63, 3.8) is 0 Å². The largest absolute Gasteiger partial charge is 0.352 e. The van der Waals surface area contributed by atoms with E-state index >= 15 is 0 Å². The molecule has 0 heterocycles. The second kappa shape index (κ2) is 7.09. The SMILES string of the molecule is CC1(C)CCC(NC(=O)C(N)c2ccccc2)CC1.Cl. The van der Waals surface area contributed by atoms with Crippen molar-refractivity contribution >= 4 is 18.3 Å². The van der Waals surface area contributed by atoms with Crippen molar-refractivity contribution in [2.24, 2.45) is 11.1 Å². The standard InChI is InChI=1S/C16H24N2O.ClH/c1-16(2)10-8-13(9-11-16)18-15(19)14(17)12-6-4-3-5-7-12;/h3-7,13-14H,8-11,17H2,1-2H3,(H,18,19);1H. The van der Waals surface area contributed by atoms with Crippen LogP contribution in [-0.2, 0) is 4.79 Å². The first-order valence-electron chi connectivity index (χ1n) is 7.09. The van der Waals surface area contributed by atoms with Crippen molar-refractivity contribution in [2.45, 2.75) is 51.6 Å². The molecule has 3 N–H and O–H groups in total. The highest BCUT2D eigenvalue weighted by Gasteiger charge is 2.28. The quantitative estimate of drug-likeness (QED) is 0.900. The van der Waals surface area contributed by atoms with Gasteiger partial charge in [-0.2, -0.15) is 0 Å². The smallest absolute Gasteiger partial charge is 0.241 e. The molecule has 0 bridgehead atoms. The number of amides is 1. The first-order valence-corrected chi connectivity index (χ1v) is 7.09. The molecule has 4 heteroatoms. The van der Waals surface area contributed by atoms with Gasteiger partial charge in [-0.25, -0.2) is 0 Å². The lowest BCUT2D eigenvalue weighted by atomic mass is 9.75. The summed E-state index contributed by atoms with van der Waals surface area (Å²) >= 11 is 0. The monoisotopic (exact) mass is 296 g/mol. The van der Waals surface area contributed by atoms with E-state index in [0.717, 1.165) is 18.4 Å². The summed E-state index contributed by atoms with van der Waals surface area (Å²) in [4.78, 5) is 12.1. The molecule has 0 radical (unpaired) electrons. The molecule has 1 amide bonds. The molecule has 0 aromatic heterocycles. The van der Waals surface area contributed by atoms with Gasteiger partial charge in [-0.1, -0.05) is 44.2 Å². The van der Waals surface area contributed by atoms with Crippen molar-refractivity contribution < 1.29 is 4.79 Å². The summed E-state index contributed by atoms with van der Waals surface area (Å²) in [5.74, 6) is -0.0593. The second-order valence-corrected chi connectivity index (χ2v) is 6.34. The Kier molecular flexibility index (Phi) is 6.03. The highest BCUT2D eigenvalue weighted by atomic mass is 35.5. The molecular weight excluding hydrogens is 272 g/mol. The third kappa shape index (κ3) is 4.50. The summed E-state index contributed by atoms with van der Waals surface area (Å²) in [7, 11) is 0. The maximum absolute atomic E-state index is 12.1. The number of benzene rings is 1.